The van der Waals surface area contributed by atoms with Crippen molar-refractivity contribution in [2.45, 2.75) is 17.9 Å². The molecule has 4 aliphatic rings. The molecule has 11 heteroatoms. The molecule has 3 unspecified atom stereocenters. The van der Waals surface area contributed by atoms with E-state index in [1.807, 2.05) is 18.2 Å². The van der Waals surface area contributed by atoms with E-state index >= 15 is 0 Å². The van der Waals surface area contributed by atoms with Gasteiger partial charge in [-0.25, -0.2) is 9.18 Å². The Kier molecular flexibility index (Phi) is 7.66. The number of fused-ring (bicyclic) bond motifs is 6. The lowest BCUT2D eigenvalue weighted by atomic mass is 9.77. The molecule has 0 aliphatic carbocycles. The van der Waals surface area contributed by atoms with E-state index in [0.717, 1.165) is 57.9 Å². The number of benzene rings is 3. The van der Waals surface area contributed by atoms with Gasteiger partial charge in [-0.2, -0.15) is 0 Å². The number of hydrogen-bond acceptors (Lipinski definition) is 10. The summed E-state index contributed by atoms with van der Waals surface area (Å²) in [6.45, 7) is 6.44. The Morgan fingerprint density at radius 3 is 2.30 bits per heavy atom. The van der Waals surface area contributed by atoms with Crippen molar-refractivity contribution < 1.29 is 33.2 Å². The van der Waals surface area contributed by atoms with Crippen molar-refractivity contribution in [3.8, 4) is 23.0 Å². The molecule has 0 amide bonds. The largest absolute Gasteiger partial charge is 0.508 e. The Balaban J connectivity index is 1.20. The number of carbonyl (C=O) groups is 1. The third-order valence-electron chi connectivity index (χ3n) is 8.40. The van der Waals surface area contributed by atoms with Gasteiger partial charge in [0, 0.05) is 81.2 Å². The Bertz CT molecular complexity index is 1510. The number of nitrogens with zero attached hydrogens (tertiary/aromatic N) is 1. The summed E-state index contributed by atoms with van der Waals surface area (Å²) in [5, 5.41) is 20.6. The topological polar surface area (TPSA) is 117 Å². The van der Waals surface area contributed by atoms with Crippen LogP contribution in [0.15, 0.2) is 54.6 Å². The number of esters is 1. The second-order valence-electron chi connectivity index (χ2n) is 11.1. The molecule has 0 saturated carbocycles. The van der Waals surface area contributed by atoms with E-state index in [2.05, 4.69) is 20.9 Å². The molecule has 2 saturated heterocycles. The second kappa shape index (κ2) is 11.7. The van der Waals surface area contributed by atoms with Crippen LogP contribution in [0.2, 0.25) is 0 Å². The fourth-order valence-electron chi connectivity index (χ4n) is 6.30. The normalized spacial score (nSPS) is 25.4. The lowest BCUT2D eigenvalue weighted by molar-refractivity contribution is 0.0224. The number of carbonyl (C=O) groups excluding carboxylic acids is 1. The molecule has 4 heterocycles. The minimum absolute atomic E-state index is 0.0165. The van der Waals surface area contributed by atoms with Gasteiger partial charge in [0.15, 0.2) is 5.60 Å². The number of ether oxygens (including phenoxy) is 4. The quantitative estimate of drug-likeness (QED) is 0.261. The van der Waals surface area contributed by atoms with Crippen molar-refractivity contribution in [3.05, 3.63) is 82.4 Å². The third kappa shape index (κ3) is 5.21. The maximum absolute atomic E-state index is 13.6. The average Bonchev–Trinajstić information content (AvgIpc) is 3.75. The number of rotatable bonds is 5. The first-order chi connectivity index (χ1) is 21.1. The van der Waals surface area contributed by atoms with Gasteiger partial charge in [-0.05, 0) is 35.9 Å². The van der Waals surface area contributed by atoms with Crippen molar-refractivity contribution in [2.75, 3.05) is 65.6 Å². The van der Waals surface area contributed by atoms with Gasteiger partial charge in [0.2, 0.25) is 0 Å². The zero-order valence-electron chi connectivity index (χ0n) is 23.7. The van der Waals surface area contributed by atoms with Gasteiger partial charge >= 0.3 is 5.97 Å². The molecule has 10 nitrogen and oxygen atoms in total. The van der Waals surface area contributed by atoms with Crippen molar-refractivity contribution >= 4 is 5.97 Å². The summed E-state index contributed by atoms with van der Waals surface area (Å²) in [7, 11) is 0. The van der Waals surface area contributed by atoms with Crippen LogP contribution in [0.25, 0.3) is 0 Å². The number of aromatic hydroxyl groups is 1. The van der Waals surface area contributed by atoms with Gasteiger partial charge in [-0.1, -0.05) is 12.1 Å². The molecule has 3 aromatic carbocycles. The summed E-state index contributed by atoms with van der Waals surface area (Å²) in [4.78, 5) is 15.9. The molecular weight excluding hydrogens is 555 g/mol. The minimum Gasteiger partial charge on any atom is -0.508 e. The van der Waals surface area contributed by atoms with Crippen molar-refractivity contribution in [1.82, 2.24) is 20.9 Å². The van der Waals surface area contributed by atoms with E-state index in [1.165, 1.54) is 6.07 Å². The summed E-state index contributed by atoms with van der Waals surface area (Å²) < 4.78 is 36.9. The SMILES string of the molecule is O=C1OC2(c3ccc(O)cc3Oc3cc(OCCF)ccc32)c2ccc(C3OC3N3CCNCCNCCNCC3)cc21. The maximum Gasteiger partial charge on any atom is 0.340 e. The molecule has 1 spiro atoms. The average molecular weight is 591 g/mol. The summed E-state index contributed by atoms with van der Waals surface area (Å²) in [6.07, 6.45) is -0.213. The van der Waals surface area contributed by atoms with Crippen LogP contribution in [0.5, 0.6) is 23.0 Å². The first-order valence-electron chi connectivity index (χ1n) is 14.8. The van der Waals surface area contributed by atoms with Crippen LogP contribution in [0.1, 0.15) is 38.7 Å². The molecule has 0 radical (unpaired) electrons. The predicted molar refractivity (Wildman–Crippen MR) is 156 cm³/mol. The molecular formula is C32H35FN4O6. The first-order valence-corrected chi connectivity index (χ1v) is 14.8. The Morgan fingerprint density at radius 2 is 1.56 bits per heavy atom. The fraction of sp³-hybridized carbons (Fsp3) is 0.406. The van der Waals surface area contributed by atoms with Crippen molar-refractivity contribution in [1.29, 1.82) is 0 Å². The van der Waals surface area contributed by atoms with E-state index in [0.29, 0.717) is 39.5 Å². The zero-order chi connectivity index (χ0) is 29.4. The highest BCUT2D eigenvalue weighted by atomic mass is 19.1. The molecule has 3 aromatic rings. The molecule has 0 bridgehead atoms. The summed E-state index contributed by atoms with van der Waals surface area (Å²) in [5.41, 5.74) is 2.00. The highest BCUT2D eigenvalue weighted by Gasteiger charge is 2.54. The summed E-state index contributed by atoms with van der Waals surface area (Å²) >= 11 is 0. The molecule has 2 fully saturated rings. The second-order valence-corrected chi connectivity index (χ2v) is 11.1. The highest BCUT2D eigenvalue weighted by molar-refractivity contribution is 5.97. The molecule has 3 atom stereocenters. The van der Waals surface area contributed by atoms with Gasteiger partial charge in [-0.15, -0.1) is 0 Å². The Labute approximate surface area is 249 Å². The lowest BCUT2D eigenvalue weighted by Gasteiger charge is -2.36. The van der Waals surface area contributed by atoms with Crippen LogP contribution >= 0.6 is 0 Å². The fourth-order valence-corrected chi connectivity index (χ4v) is 6.30. The van der Waals surface area contributed by atoms with Crippen LogP contribution in [-0.2, 0) is 15.1 Å². The predicted octanol–water partition coefficient (Wildman–Crippen LogP) is 2.79. The van der Waals surface area contributed by atoms with Crippen molar-refractivity contribution in [2.24, 2.45) is 0 Å². The van der Waals surface area contributed by atoms with E-state index in [9.17, 15) is 14.3 Å². The monoisotopic (exact) mass is 590 g/mol. The van der Waals surface area contributed by atoms with Gasteiger partial charge in [-0.3, -0.25) is 4.90 Å². The van der Waals surface area contributed by atoms with Crippen LogP contribution in [-0.4, -0.2) is 87.8 Å². The molecule has 4 N–H and O–H groups in total. The third-order valence-corrected chi connectivity index (χ3v) is 8.40. The number of phenols is 1. The zero-order valence-corrected chi connectivity index (χ0v) is 23.7. The summed E-state index contributed by atoms with van der Waals surface area (Å²) in [6, 6.07) is 15.7. The number of halogens is 1. The highest BCUT2D eigenvalue weighted by Crippen LogP contribution is 2.57. The van der Waals surface area contributed by atoms with E-state index < -0.39 is 18.2 Å². The van der Waals surface area contributed by atoms with E-state index in [1.54, 1.807) is 30.3 Å². The van der Waals surface area contributed by atoms with Crippen LogP contribution < -0.4 is 25.4 Å². The lowest BCUT2D eigenvalue weighted by Crippen LogP contribution is -2.42. The first kappa shape index (κ1) is 28.1. The number of phenolic OH excluding ortho intramolecular Hbond substituents is 1. The van der Waals surface area contributed by atoms with Gasteiger partial charge in [0.1, 0.15) is 48.6 Å². The number of nitrogens with one attached hydrogen (secondary N) is 3. The molecule has 43 heavy (non-hydrogen) atoms. The molecule has 7 rings (SSSR count). The number of hydrogen-bond donors (Lipinski definition) is 4. The standard InChI is InChI=1S/C32H35FN4O6/c33-7-16-40-22-3-6-26-28(19-22)41-27-18-21(38)2-5-25(27)32(26)24-4-1-20(17-23(24)31(39)43-32)29-30(42-29)37-14-12-35-10-8-34-9-11-36-13-15-37/h1-6,17-19,29-30,34-36,38H,7-16H2. The van der Waals surface area contributed by atoms with Crippen LogP contribution in [0.4, 0.5) is 4.39 Å². The maximum atomic E-state index is 13.6. The number of epoxide rings is 1. The van der Waals surface area contributed by atoms with E-state index in [-0.39, 0.29) is 24.7 Å². The molecule has 0 aromatic heterocycles. The van der Waals surface area contributed by atoms with Gasteiger partial charge in [0.25, 0.3) is 0 Å². The van der Waals surface area contributed by atoms with Crippen molar-refractivity contribution in [3.63, 3.8) is 0 Å². The van der Waals surface area contributed by atoms with Crippen LogP contribution in [0, 0.1) is 0 Å². The molecule has 4 aliphatic heterocycles. The smallest absolute Gasteiger partial charge is 0.340 e. The van der Waals surface area contributed by atoms with Gasteiger partial charge < -0.3 is 40.0 Å². The molecule has 226 valence electrons. The number of alkyl halides is 1. The van der Waals surface area contributed by atoms with E-state index in [4.69, 9.17) is 18.9 Å². The van der Waals surface area contributed by atoms with Crippen LogP contribution in [0.3, 0.4) is 0 Å². The van der Waals surface area contributed by atoms with Gasteiger partial charge in [0.05, 0.1) is 5.56 Å². The summed E-state index contributed by atoms with van der Waals surface area (Å²) in [5.74, 6) is 0.752. The Hall–Kier alpha value is -3.74. The Morgan fingerprint density at radius 1 is 0.884 bits per heavy atom. The minimum atomic E-state index is -1.28.